The molecule has 4 heterocycles. The Labute approximate surface area is 178 Å². The molecule has 2 aromatic rings. The maximum atomic E-state index is 13.3. The van der Waals surface area contributed by atoms with Crippen LogP contribution < -0.4 is 0 Å². The van der Waals surface area contributed by atoms with Gasteiger partial charge in [-0.3, -0.25) is 9.59 Å². The average Bonchev–Trinajstić information content (AvgIpc) is 2.77. The van der Waals surface area contributed by atoms with Crippen molar-refractivity contribution in [3.63, 3.8) is 0 Å². The third kappa shape index (κ3) is 3.51. The zero-order chi connectivity index (χ0) is 20.7. The molecule has 5 heteroatoms. The second-order valence-electron chi connectivity index (χ2n) is 9.15. The first-order valence-electron chi connectivity index (χ1n) is 11.2. The molecule has 4 atom stereocenters. The molecular weight excluding hydrogens is 374 g/mol. The van der Waals surface area contributed by atoms with E-state index in [4.69, 9.17) is 0 Å². The Kier molecular flexibility index (Phi) is 5.05. The molecule has 30 heavy (non-hydrogen) atoms. The fourth-order valence-electron chi connectivity index (χ4n) is 5.88. The standard InChI is InChI=1S/C25H29N3O2/c1-17-7-5-10-21(26-17)25(30)27-15-19-14-20(16-27)23(13-18-8-3-2-4-9-18)28-22(19)11-6-12-24(28)29/h2-5,7-10,19-20,22-23H,6,11-16H2,1H3/t19-,20+,22+,23+/m1/s1. The molecule has 3 saturated heterocycles. The molecule has 0 aliphatic carbocycles. The van der Waals surface area contributed by atoms with Gasteiger partial charge in [0.1, 0.15) is 5.69 Å². The first-order valence-corrected chi connectivity index (χ1v) is 11.2. The molecule has 0 saturated carbocycles. The number of carbonyl (C=O) groups excluding carboxylic acids is 2. The summed E-state index contributed by atoms with van der Waals surface area (Å²) in [6.45, 7) is 3.36. The molecule has 2 bridgehead atoms. The van der Waals surface area contributed by atoms with Gasteiger partial charge in [-0.15, -0.1) is 0 Å². The van der Waals surface area contributed by atoms with Gasteiger partial charge in [0.15, 0.2) is 0 Å². The number of benzene rings is 1. The summed E-state index contributed by atoms with van der Waals surface area (Å²) in [5.74, 6) is 1.02. The molecule has 3 aliphatic heterocycles. The minimum absolute atomic E-state index is 0.0300. The summed E-state index contributed by atoms with van der Waals surface area (Å²) in [4.78, 5) is 34.9. The normalized spacial score (nSPS) is 28.2. The van der Waals surface area contributed by atoms with Crippen LogP contribution in [0.25, 0.3) is 0 Å². The average molecular weight is 404 g/mol. The summed E-state index contributed by atoms with van der Waals surface area (Å²) in [6.07, 6.45) is 4.66. The maximum Gasteiger partial charge on any atom is 0.272 e. The molecule has 156 valence electrons. The van der Waals surface area contributed by atoms with Gasteiger partial charge in [0.2, 0.25) is 5.91 Å². The first-order chi connectivity index (χ1) is 14.6. The lowest BCUT2D eigenvalue weighted by Gasteiger charge is -2.56. The number of carbonyl (C=O) groups is 2. The Bertz CT molecular complexity index is 944. The molecule has 3 aliphatic rings. The molecule has 5 rings (SSSR count). The van der Waals surface area contributed by atoms with Crippen molar-refractivity contribution >= 4 is 11.8 Å². The van der Waals surface area contributed by atoms with Crippen molar-refractivity contribution in [1.29, 1.82) is 0 Å². The second-order valence-corrected chi connectivity index (χ2v) is 9.15. The monoisotopic (exact) mass is 403 g/mol. The number of aromatic nitrogens is 1. The van der Waals surface area contributed by atoms with Crippen molar-refractivity contribution in [2.45, 2.75) is 51.1 Å². The molecule has 5 nitrogen and oxygen atoms in total. The van der Waals surface area contributed by atoms with E-state index in [0.29, 0.717) is 36.4 Å². The van der Waals surface area contributed by atoms with Crippen LogP contribution in [0.5, 0.6) is 0 Å². The smallest absolute Gasteiger partial charge is 0.272 e. The summed E-state index contributed by atoms with van der Waals surface area (Å²) in [6, 6.07) is 16.5. The van der Waals surface area contributed by atoms with Gasteiger partial charge in [-0.05, 0) is 62.1 Å². The topological polar surface area (TPSA) is 53.5 Å². The van der Waals surface area contributed by atoms with Gasteiger partial charge in [0, 0.05) is 37.3 Å². The number of rotatable bonds is 3. The molecule has 2 amide bonds. The van der Waals surface area contributed by atoms with E-state index in [-0.39, 0.29) is 18.0 Å². The highest BCUT2D eigenvalue weighted by molar-refractivity contribution is 5.92. The third-order valence-corrected chi connectivity index (χ3v) is 7.18. The Morgan fingerprint density at radius 1 is 1.07 bits per heavy atom. The van der Waals surface area contributed by atoms with E-state index < -0.39 is 0 Å². The quantitative estimate of drug-likeness (QED) is 0.789. The Morgan fingerprint density at radius 2 is 1.87 bits per heavy atom. The highest BCUT2D eigenvalue weighted by atomic mass is 16.2. The number of aryl methyl sites for hydroxylation is 1. The summed E-state index contributed by atoms with van der Waals surface area (Å²) >= 11 is 0. The fourth-order valence-corrected chi connectivity index (χ4v) is 5.88. The van der Waals surface area contributed by atoms with Crippen molar-refractivity contribution in [2.24, 2.45) is 11.8 Å². The van der Waals surface area contributed by atoms with Gasteiger partial charge in [0.05, 0.1) is 0 Å². The van der Waals surface area contributed by atoms with Gasteiger partial charge in [0.25, 0.3) is 5.91 Å². The zero-order valence-electron chi connectivity index (χ0n) is 17.5. The number of amides is 2. The van der Waals surface area contributed by atoms with Crippen molar-refractivity contribution in [3.8, 4) is 0 Å². The lowest BCUT2D eigenvalue weighted by molar-refractivity contribution is -0.151. The van der Waals surface area contributed by atoms with Gasteiger partial charge < -0.3 is 9.80 Å². The van der Waals surface area contributed by atoms with E-state index in [1.54, 1.807) is 0 Å². The maximum absolute atomic E-state index is 13.3. The number of likely N-dealkylation sites (tertiary alicyclic amines) is 1. The SMILES string of the molecule is Cc1cccc(C(=O)N2C[C@H]3C[C@@H](C2)[C@H](Cc2ccccc2)N2C(=O)CCC[C@@H]32)n1. The van der Waals surface area contributed by atoms with Crippen LogP contribution in [-0.2, 0) is 11.2 Å². The predicted octanol–water partition coefficient (Wildman–Crippen LogP) is 3.47. The lowest BCUT2D eigenvalue weighted by Crippen LogP contribution is -2.66. The van der Waals surface area contributed by atoms with Crippen LogP contribution in [0.4, 0.5) is 0 Å². The fraction of sp³-hybridized carbons (Fsp3) is 0.480. The van der Waals surface area contributed by atoms with Gasteiger partial charge >= 0.3 is 0 Å². The van der Waals surface area contributed by atoms with Crippen LogP contribution in [0.15, 0.2) is 48.5 Å². The molecular formula is C25H29N3O2. The molecule has 3 fully saturated rings. The van der Waals surface area contributed by atoms with E-state index in [2.05, 4.69) is 34.1 Å². The number of piperidine rings is 3. The van der Waals surface area contributed by atoms with E-state index in [1.165, 1.54) is 5.56 Å². The van der Waals surface area contributed by atoms with Gasteiger partial charge in [-0.25, -0.2) is 4.98 Å². The van der Waals surface area contributed by atoms with E-state index in [0.717, 1.165) is 37.9 Å². The minimum atomic E-state index is 0.0300. The zero-order valence-corrected chi connectivity index (χ0v) is 17.5. The van der Waals surface area contributed by atoms with Crippen LogP contribution in [0.1, 0.15) is 47.4 Å². The Balaban J connectivity index is 1.44. The Hall–Kier alpha value is -2.69. The van der Waals surface area contributed by atoms with E-state index in [9.17, 15) is 9.59 Å². The first kappa shape index (κ1) is 19.3. The molecule has 1 aromatic heterocycles. The van der Waals surface area contributed by atoms with Crippen molar-refractivity contribution in [2.75, 3.05) is 13.1 Å². The third-order valence-electron chi connectivity index (χ3n) is 7.18. The molecule has 1 aromatic carbocycles. The summed E-state index contributed by atoms with van der Waals surface area (Å²) in [5, 5.41) is 0. The summed E-state index contributed by atoms with van der Waals surface area (Å²) in [5.41, 5.74) is 2.66. The van der Waals surface area contributed by atoms with Gasteiger partial charge in [-0.2, -0.15) is 0 Å². The highest BCUT2D eigenvalue weighted by Gasteiger charge is 2.50. The number of hydrogen-bond donors (Lipinski definition) is 0. The van der Waals surface area contributed by atoms with E-state index >= 15 is 0 Å². The number of nitrogens with zero attached hydrogens (tertiary/aromatic N) is 3. The van der Waals surface area contributed by atoms with Crippen LogP contribution in [0, 0.1) is 18.8 Å². The van der Waals surface area contributed by atoms with Crippen LogP contribution in [0.3, 0.4) is 0 Å². The lowest BCUT2D eigenvalue weighted by atomic mass is 9.70. The second kappa shape index (κ2) is 7.86. The largest absolute Gasteiger partial charge is 0.337 e. The number of hydrogen-bond acceptors (Lipinski definition) is 3. The van der Waals surface area contributed by atoms with Crippen LogP contribution in [-0.4, -0.2) is 51.8 Å². The summed E-state index contributed by atoms with van der Waals surface area (Å²) < 4.78 is 0. The molecule has 0 spiro atoms. The number of pyridine rings is 1. The predicted molar refractivity (Wildman–Crippen MR) is 115 cm³/mol. The molecule has 0 unspecified atom stereocenters. The Morgan fingerprint density at radius 3 is 2.67 bits per heavy atom. The van der Waals surface area contributed by atoms with Crippen LogP contribution in [0.2, 0.25) is 0 Å². The number of fused-ring (bicyclic) bond motifs is 4. The summed E-state index contributed by atoms with van der Waals surface area (Å²) in [7, 11) is 0. The van der Waals surface area contributed by atoms with Crippen molar-refractivity contribution < 1.29 is 9.59 Å². The highest BCUT2D eigenvalue weighted by Crippen LogP contribution is 2.42. The molecule has 0 N–H and O–H groups in total. The minimum Gasteiger partial charge on any atom is -0.337 e. The van der Waals surface area contributed by atoms with Crippen molar-refractivity contribution in [1.82, 2.24) is 14.8 Å². The molecule has 0 radical (unpaired) electrons. The van der Waals surface area contributed by atoms with E-state index in [1.807, 2.05) is 36.1 Å². The van der Waals surface area contributed by atoms with Crippen molar-refractivity contribution in [3.05, 3.63) is 65.5 Å². The van der Waals surface area contributed by atoms with Gasteiger partial charge in [-0.1, -0.05) is 36.4 Å². The van der Waals surface area contributed by atoms with Crippen LogP contribution >= 0.6 is 0 Å².